The van der Waals surface area contributed by atoms with Gasteiger partial charge in [0.1, 0.15) is 5.75 Å². The number of hydrazone groups is 1. The van der Waals surface area contributed by atoms with E-state index in [9.17, 15) is 13.2 Å². The van der Waals surface area contributed by atoms with Crippen molar-refractivity contribution in [1.82, 2.24) is 9.73 Å². The Morgan fingerprint density at radius 1 is 1.23 bits per heavy atom. The Kier molecular flexibility index (Phi) is 6.48. The van der Waals surface area contributed by atoms with E-state index < -0.39 is 15.9 Å². The normalized spacial score (nSPS) is 11.7. The first-order valence-electron chi connectivity index (χ1n) is 7.82. The van der Waals surface area contributed by atoms with Gasteiger partial charge in [0.15, 0.2) is 0 Å². The number of methoxy groups -OCH3 is 1. The van der Waals surface area contributed by atoms with Crippen molar-refractivity contribution in [3.63, 3.8) is 0 Å². The molecule has 138 valence electrons. The number of nitrogens with one attached hydrogen (secondary N) is 1. The second-order valence-corrected chi connectivity index (χ2v) is 7.64. The van der Waals surface area contributed by atoms with Gasteiger partial charge in [0.25, 0.3) is 5.91 Å². The lowest BCUT2D eigenvalue weighted by Gasteiger charge is -2.17. The van der Waals surface area contributed by atoms with Crippen molar-refractivity contribution >= 4 is 22.1 Å². The molecule has 1 N–H and O–H groups in total. The molecular weight excluding hydrogens is 354 g/mol. The number of sulfonamides is 1. The third-order valence-electron chi connectivity index (χ3n) is 3.64. The van der Waals surface area contributed by atoms with Gasteiger partial charge in [0.05, 0.1) is 24.8 Å². The molecule has 2 aromatic carbocycles. The first kappa shape index (κ1) is 19.6. The topological polar surface area (TPSA) is 88.1 Å². The number of benzene rings is 2. The van der Waals surface area contributed by atoms with Crippen molar-refractivity contribution in [2.24, 2.45) is 5.10 Å². The SMILES string of the molecule is COc1ccc(S(=O)(=O)N(C)CC(=O)N/N=C\c2ccccc2)cc1C. The number of hydrogen-bond acceptors (Lipinski definition) is 5. The Morgan fingerprint density at radius 2 is 1.92 bits per heavy atom. The molecule has 7 nitrogen and oxygen atoms in total. The van der Waals surface area contributed by atoms with Crippen LogP contribution in [0.2, 0.25) is 0 Å². The predicted octanol–water partition coefficient (Wildman–Crippen LogP) is 1.77. The van der Waals surface area contributed by atoms with Gasteiger partial charge in [-0.1, -0.05) is 30.3 Å². The molecule has 2 aromatic rings. The maximum absolute atomic E-state index is 12.6. The lowest BCUT2D eigenvalue weighted by molar-refractivity contribution is -0.121. The summed E-state index contributed by atoms with van der Waals surface area (Å²) in [7, 11) is -0.934. The van der Waals surface area contributed by atoms with E-state index in [1.807, 2.05) is 30.3 Å². The highest BCUT2D eigenvalue weighted by Gasteiger charge is 2.23. The molecule has 0 radical (unpaired) electrons. The number of nitrogens with zero attached hydrogens (tertiary/aromatic N) is 2. The number of ether oxygens (including phenoxy) is 1. The fourth-order valence-electron chi connectivity index (χ4n) is 2.23. The molecule has 0 heterocycles. The van der Waals surface area contributed by atoms with Crippen LogP contribution in [-0.2, 0) is 14.8 Å². The molecule has 0 aliphatic heterocycles. The van der Waals surface area contributed by atoms with Gasteiger partial charge in [-0.3, -0.25) is 4.79 Å². The summed E-state index contributed by atoms with van der Waals surface area (Å²) in [5, 5.41) is 3.82. The standard InChI is InChI=1S/C18H21N3O4S/c1-14-11-16(9-10-17(14)25-3)26(23,24)21(2)13-18(22)20-19-12-15-7-5-4-6-8-15/h4-12H,13H2,1-3H3,(H,20,22)/b19-12-. The van der Waals surface area contributed by atoms with Crippen LogP contribution in [0.15, 0.2) is 58.5 Å². The van der Waals surface area contributed by atoms with Crippen LogP contribution in [0.3, 0.4) is 0 Å². The minimum Gasteiger partial charge on any atom is -0.496 e. The minimum absolute atomic E-state index is 0.0962. The minimum atomic E-state index is -3.79. The average Bonchev–Trinajstić information content (AvgIpc) is 2.62. The Labute approximate surface area is 153 Å². The van der Waals surface area contributed by atoms with Crippen LogP contribution in [0.4, 0.5) is 0 Å². The zero-order valence-electron chi connectivity index (χ0n) is 14.8. The highest BCUT2D eigenvalue weighted by molar-refractivity contribution is 7.89. The van der Waals surface area contributed by atoms with Gasteiger partial charge in [0, 0.05) is 7.05 Å². The van der Waals surface area contributed by atoms with Gasteiger partial charge in [-0.25, -0.2) is 13.8 Å². The van der Waals surface area contributed by atoms with Crippen LogP contribution in [0.1, 0.15) is 11.1 Å². The molecular formula is C18H21N3O4S. The van der Waals surface area contributed by atoms with Gasteiger partial charge in [-0.05, 0) is 36.2 Å². The Bertz CT molecular complexity index is 896. The molecule has 1 amide bonds. The third-order valence-corrected chi connectivity index (χ3v) is 5.44. The molecule has 0 aliphatic rings. The van der Waals surface area contributed by atoms with Crippen molar-refractivity contribution in [2.45, 2.75) is 11.8 Å². The summed E-state index contributed by atoms with van der Waals surface area (Å²) in [6.07, 6.45) is 1.49. The third kappa shape index (κ3) is 4.90. The Balaban J connectivity index is 2.01. The van der Waals surface area contributed by atoms with Crippen LogP contribution in [0.5, 0.6) is 5.75 Å². The Morgan fingerprint density at radius 3 is 2.54 bits per heavy atom. The second-order valence-electron chi connectivity index (χ2n) is 5.60. The molecule has 0 spiro atoms. The van der Waals surface area contributed by atoms with Crippen LogP contribution in [0, 0.1) is 6.92 Å². The van der Waals surface area contributed by atoms with Crippen molar-refractivity contribution in [3.05, 3.63) is 59.7 Å². The first-order chi connectivity index (χ1) is 12.3. The molecule has 0 unspecified atom stereocenters. The number of hydrogen-bond donors (Lipinski definition) is 1. The largest absolute Gasteiger partial charge is 0.496 e. The van der Waals surface area contributed by atoms with Gasteiger partial charge < -0.3 is 4.74 Å². The fourth-order valence-corrected chi connectivity index (χ4v) is 3.44. The quantitative estimate of drug-likeness (QED) is 0.590. The molecule has 0 saturated carbocycles. The summed E-state index contributed by atoms with van der Waals surface area (Å²) in [5.41, 5.74) is 3.83. The summed E-state index contributed by atoms with van der Waals surface area (Å²) >= 11 is 0. The van der Waals surface area contributed by atoms with E-state index in [1.165, 1.54) is 32.5 Å². The van der Waals surface area contributed by atoms with E-state index in [2.05, 4.69) is 10.5 Å². The van der Waals surface area contributed by atoms with Gasteiger partial charge in [0.2, 0.25) is 10.0 Å². The highest BCUT2D eigenvalue weighted by atomic mass is 32.2. The molecule has 0 aromatic heterocycles. The van der Waals surface area contributed by atoms with Crippen LogP contribution in [0.25, 0.3) is 0 Å². The Hall–Kier alpha value is -2.71. The molecule has 0 saturated heterocycles. The summed E-state index contributed by atoms with van der Waals surface area (Å²) in [6, 6.07) is 13.8. The maximum atomic E-state index is 12.6. The zero-order valence-corrected chi connectivity index (χ0v) is 15.7. The summed E-state index contributed by atoms with van der Waals surface area (Å²) < 4.78 is 31.3. The number of amides is 1. The van der Waals surface area contributed by atoms with E-state index in [4.69, 9.17) is 4.74 Å². The van der Waals surface area contributed by atoms with Gasteiger partial charge in [-0.2, -0.15) is 9.41 Å². The molecule has 0 bridgehead atoms. The van der Waals surface area contributed by atoms with Crippen molar-refractivity contribution in [1.29, 1.82) is 0 Å². The number of carbonyl (C=O) groups excluding carboxylic acids is 1. The van der Waals surface area contributed by atoms with E-state index in [-0.39, 0.29) is 11.4 Å². The predicted molar refractivity (Wildman–Crippen MR) is 99.7 cm³/mol. The van der Waals surface area contributed by atoms with Crippen molar-refractivity contribution in [3.8, 4) is 5.75 Å². The fraction of sp³-hybridized carbons (Fsp3) is 0.222. The van der Waals surface area contributed by atoms with Crippen LogP contribution in [-0.4, -0.2) is 45.5 Å². The number of carbonyl (C=O) groups is 1. The van der Waals surface area contributed by atoms with Crippen LogP contribution < -0.4 is 10.2 Å². The molecule has 2 rings (SSSR count). The van der Waals surface area contributed by atoms with E-state index in [0.717, 1.165) is 9.87 Å². The van der Waals surface area contributed by atoms with E-state index in [1.54, 1.807) is 13.0 Å². The van der Waals surface area contributed by atoms with Crippen molar-refractivity contribution < 1.29 is 17.9 Å². The van der Waals surface area contributed by atoms with Gasteiger partial charge in [-0.15, -0.1) is 0 Å². The van der Waals surface area contributed by atoms with Crippen LogP contribution >= 0.6 is 0 Å². The molecule has 26 heavy (non-hydrogen) atoms. The second kappa shape index (κ2) is 8.59. The smallest absolute Gasteiger partial charge is 0.255 e. The maximum Gasteiger partial charge on any atom is 0.255 e. The summed E-state index contributed by atoms with van der Waals surface area (Å²) in [4.78, 5) is 12.0. The zero-order chi connectivity index (χ0) is 19.2. The van der Waals surface area contributed by atoms with E-state index >= 15 is 0 Å². The lowest BCUT2D eigenvalue weighted by atomic mass is 10.2. The number of rotatable bonds is 7. The monoisotopic (exact) mass is 375 g/mol. The lowest BCUT2D eigenvalue weighted by Crippen LogP contribution is -2.36. The summed E-state index contributed by atoms with van der Waals surface area (Å²) in [6.45, 7) is 1.41. The number of likely N-dealkylation sites (N-methyl/N-ethyl adjacent to an activating group) is 1. The average molecular weight is 375 g/mol. The summed E-state index contributed by atoms with van der Waals surface area (Å²) in [5.74, 6) is 0.0630. The molecule has 8 heteroatoms. The highest BCUT2D eigenvalue weighted by Crippen LogP contribution is 2.23. The first-order valence-corrected chi connectivity index (χ1v) is 9.26. The molecule has 0 fully saturated rings. The van der Waals surface area contributed by atoms with Gasteiger partial charge >= 0.3 is 0 Å². The van der Waals surface area contributed by atoms with Crippen molar-refractivity contribution in [2.75, 3.05) is 20.7 Å². The number of aryl methyl sites for hydroxylation is 1. The molecule has 0 aliphatic carbocycles. The molecule has 0 atom stereocenters. The van der Waals surface area contributed by atoms with E-state index in [0.29, 0.717) is 11.3 Å².